The molecule has 5 heteroatoms. The summed E-state index contributed by atoms with van der Waals surface area (Å²) >= 11 is 0. The molecule has 5 nitrogen and oxygen atoms in total. The minimum Gasteiger partial charge on any atom is -0.493 e. The molecule has 2 aliphatic heterocycles. The number of amides is 1. The number of hydrogen-bond acceptors (Lipinski definition) is 4. The Bertz CT molecular complexity index is 585. The van der Waals surface area contributed by atoms with Gasteiger partial charge in [0.1, 0.15) is 0 Å². The molecule has 1 amide bonds. The van der Waals surface area contributed by atoms with E-state index in [-0.39, 0.29) is 12.5 Å². The van der Waals surface area contributed by atoms with Gasteiger partial charge in [-0.2, -0.15) is 0 Å². The summed E-state index contributed by atoms with van der Waals surface area (Å²) in [6, 6.07) is 7.85. The van der Waals surface area contributed by atoms with Crippen molar-refractivity contribution >= 4 is 5.91 Å². The highest BCUT2D eigenvalue weighted by molar-refractivity contribution is 5.78. The molecule has 0 saturated carbocycles. The predicted molar refractivity (Wildman–Crippen MR) is 107 cm³/mol. The number of piperidine rings is 1. The fraction of sp³-hybridized carbons (Fsp3) is 0.682. The molecule has 3 rings (SSSR count). The van der Waals surface area contributed by atoms with Gasteiger partial charge in [0.25, 0.3) is 5.91 Å². The van der Waals surface area contributed by atoms with Crippen LogP contribution in [0.2, 0.25) is 0 Å². The van der Waals surface area contributed by atoms with Crippen molar-refractivity contribution in [2.45, 2.75) is 57.4 Å². The second kappa shape index (κ2) is 10.5. The van der Waals surface area contributed by atoms with Gasteiger partial charge in [0.2, 0.25) is 0 Å². The van der Waals surface area contributed by atoms with Crippen LogP contribution in [0.1, 0.15) is 51.4 Å². The third-order valence-electron chi connectivity index (χ3n) is 5.84. The fourth-order valence-electron chi connectivity index (χ4n) is 4.28. The van der Waals surface area contributed by atoms with Crippen LogP contribution < -0.4 is 9.47 Å². The highest BCUT2D eigenvalue weighted by Gasteiger charge is 2.27. The van der Waals surface area contributed by atoms with Crippen LogP contribution in [0, 0.1) is 0 Å². The van der Waals surface area contributed by atoms with Crippen LogP contribution >= 0.6 is 0 Å². The Balaban J connectivity index is 1.51. The van der Waals surface area contributed by atoms with Gasteiger partial charge in [-0.05, 0) is 63.7 Å². The van der Waals surface area contributed by atoms with E-state index in [9.17, 15) is 4.79 Å². The molecule has 1 atom stereocenters. The number of nitrogens with zero attached hydrogens (tertiary/aromatic N) is 2. The molecule has 1 aromatic rings. The molecule has 1 aromatic carbocycles. The highest BCUT2D eigenvalue weighted by atomic mass is 16.5. The van der Waals surface area contributed by atoms with Gasteiger partial charge in [-0.3, -0.25) is 4.79 Å². The summed E-state index contributed by atoms with van der Waals surface area (Å²) in [5, 5.41) is 0. The Morgan fingerprint density at radius 1 is 1.00 bits per heavy atom. The Morgan fingerprint density at radius 2 is 1.70 bits per heavy atom. The van der Waals surface area contributed by atoms with Gasteiger partial charge in [-0.1, -0.05) is 25.0 Å². The second-order valence-electron chi connectivity index (χ2n) is 7.72. The topological polar surface area (TPSA) is 42.0 Å². The summed E-state index contributed by atoms with van der Waals surface area (Å²) in [5.74, 6) is 1.40. The molecule has 2 aliphatic rings. The molecular formula is C22H34N2O3. The van der Waals surface area contributed by atoms with Crippen molar-refractivity contribution in [2.75, 3.05) is 39.9 Å². The third-order valence-corrected chi connectivity index (χ3v) is 5.84. The minimum absolute atomic E-state index is 0.0839. The van der Waals surface area contributed by atoms with E-state index in [1.165, 1.54) is 45.2 Å². The molecule has 2 saturated heterocycles. The average Bonchev–Trinajstić information content (AvgIpc) is 2.99. The maximum atomic E-state index is 12.8. The smallest absolute Gasteiger partial charge is 0.260 e. The second-order valence-corrected chi connectivity index (χ2v) is 7.72. The van der Waals surface area contributed by atoms with Crippen molar-refractivity contribution < 1.29 is 14.3 Å². The van der Waals surface area contributed by atoms with E-state index in [2.05, 4.69) is 9.80 Å². The van der Waals surface area contributed by atoms with Gasteiger partial charge < -0.3 is 19.3 Å². The normalized spacial score (nSPS) is 21.5. The van der Waals surface area contributed by atoms with Gasteiger partial charge in [-0.25, -0.2) is 0 Å². The SMILES string of the molecule is COc1ccccc1OCC(=O)N1CCCC[C@@H]1CCN1CCCCCC1. The number of carbonyl (C=O) groups is 1. The molecule has 2 heterocycles. The number of hydrogen-bond donors (Lipinski definition) is 0. The number of benzene rings is 1. The van der Waals surface area contributed by atoms with Crippen molar-refractivity contribution in [2.24, 2.45) is 0 Å². The highest BCUT2D eigenvalue weighted by Crippen LogP contribution is 2.26. The zero-order chi connectivity index (χ0) is 18.9. The molecule has 2 fully saturated rings. The summed E-state index contributed by atoms with van der Waals surface area (Å²) in [6.07, 6.45) is 9.90. The van der Waals surface area contributed by atoms with Crippen LogP contribution in [0.25, 0.3) is 0 Å². The predicted octanol–water partition coefficient (Wildman–Crippen LogP) is 3.72. The maximum absolute atomic E-state index is 12.8. The number of likely N-dealkylation sites (tertiary alicyclic amines) is 2. The molecule has 0 aromatic heterocycles. The Hall–Kier alpha value is -1.75. The number of ether oxygens (including phenoxy) is 2. The molecule has 150 valence electrons. The molecule has 0 unspecified atom stereocenters. The lowest BCUT2D eigenvalue weighted by Gasteiger charge is -2.37. The van der Waals surface area contributed by atoms with E-state index in [1.54, 1.807) is 7.11 Å². The van der Waals surface area contributed by atoms with Gasteiger partial charge in [-0.15, -0.1) is 0 Å². The van der Waals surface area contributed by atoms with Crippen LogP contribution in [0.3, 0.4) is 0 Å². The van der Waals surface area contributed by atoms with Crippen molar-refractivity contribution in [1.29, 1.82) is 0 Å². The first-order valence-corrected chi connectivity index (χ1v) is 10.6. The molecule has 0 N–H and O–H groups in total. The molecular weight excluding hydrogens is 340 g/mol. The van der Waals surface area contributed by atoms with Crippen LogP contribution in [0.4, 0.5) is 0 Å². The monoisotopic (exact) mass is 374 g/mol. The molecule has 0 aliphatic carbocycles. The number of rotatable bonds is 7. The first-order chi connectivity index (χ1) is 13.3. The zero-order valence-corrected chi connectivity index (χ0v) is 16.7. The van der Waals surface area contributed by atoms with Crippen LogP contribution in [-0.2, 0) is 4.79 Å². The summed E-state index contributed by atoms with van der Waals surface area (Å²) < 4.78 is 11.1. The van der Waals surface area contributed by atoms with E-state index >= 15 is 0 Å². The minimum atomic E-state index is 0.0839. The average molecular weight is 375 g/mol. The van der Waals surface area contributed by atoms with Crippen molar-refractivity contribution in [3.8, 4) is 11.5 Å². The van der Waals surface area contributed by atoms with Crippen molar-refractivity contribution in [1.82, 2.24) is 9.80 Å². The number of para-hydroxylation sites is 2. The van der Waals surface area contributed by atoms with Crippen molar-refractivity contribution in [3.63, 3.8) is 0 Å². The summed E-state index contributed by atoms with van der Waals surface area (Å²) in [4.78, 5) is 17.5. The maximum Gasteiger partial charge on any atom is 0.260 e. The van der Waals surface area contributed by atoms with Crippen LogP contribution in [0.15, 0.2) is 24.3 Å². The lowest BCUT2D eigenvalue weighted by atomic mass is 9.99. The van der Waals surface area contributed by atoms with Crippen LogP contribution in [0.5, 0.6) is 11.5 Å². The zero-order valence-electron chi connectivity index (χ0n) is 16.7. The van der Waals surface area contributed by atoms with Gasteiger partial charge >= 0.3 is 0 Å². The van der Waals surface area contributed by atoms with E-state index in [1.807, 2.05) is 24.3 Å². The van der Waals surface area contributed by atoms with Crippen molar-refractivity contribution in [3.05, 3.63) is 24.3 Å². The standard InChI is InChI=1S/C22H34N2O3/c1-26-20-11-4-5-12-21(20)27-18-22(25)24-16-9-6-10-19(24)13-17-23-14-7-2-3-8-15-23/h4-5,11-12,19H,2-3,6-10,13-18H2,1H3/t19-/m1/s1. The van der Waals surface area contributed by atoms with E-state index in [0.29, 0.717) is 17.5 Å². The molecule has 27 heavy (non-hydrogen) atoms. The number of methoxy groups -OCH3 is 1. The first-order valence-electron chi connectivity index (χ1n) is 10.6. The quantitative estimate of drug-likeness (QED) is 0.729. The van der Waals surface area contributed by atoms with E-state index in [0.717, 1.165) is 32.4 Å². The lowest BCUT2D eigenvalue weighted by Crippen LogP contribution is -2.47. The summed E-state index contributed by atoms with van der Waals surface area (Å²) in [6.45, 7) is 4.50. The molecule has 0 radical (unpaired) electrons. The van der Waals surface area contributed by atoms with Gasteiger partial charge in [0, 0.05) is 19.1 Å². The Kier molecular flexibility index (Phi) is 7.81. The van der Waals surface area contributed by atoms with Gasteiger partial charge in [0.15, 0.2) is 18.1 Å². The summed E-state index contributed by atoms with van der Waals surface area (Å²) in [7, 11) is 1.62. The third kappa shape index (κ3) is 5.86. The van der Waals surface area contributed by atoms with E-state index in [4.69, 9.17) is 9.47 Å². The molecule has 0 bridgehead atoms. The lowest BCUT2D eigenvalue weighted by molar-refractivity contribution is -0.137. The Morgan fingerprint density at radius 3 is 2.44 bits per heavy atom. The van der Waals surface area contributed by atoms with Crippen LogP contribution in [-0.4, -0.2) is 61.6 Å². The first kappa shape index (κ1) is 20.0. The fourth-order valence-corrected chi connectivity index (χ4v) is 4.28. The Labute approximate surface area is 163 Å². The summed E-state index contributed by atoms with van der Waals surface area (Å²) in [5.41, 5.74) is 0. The number of carbonyl (C=O) groups excluding carboxylic acids is 1. The van der Waals surface area contributed by atoms with Gasteiger partial charge in [0.05, 0.1) is 7.11 Å². The molecule has 0 spiro atoms. The largest absolute Gasteiger partial charge is 0.493 e. The van der Waals surface area contributed by atoms with E-state index < -0.39 is 0 Å².